The Labute approximate surface area is 212 Å². The summed E-state index contributed by atoms with van der Waals surface area (Å²) in [4.78, 5) is 19.4. The number of ether oxygens (including phenoxy) is 2. The van der Waals surface area contributed by atoms with Gasteiger partial charge in [0.25, 0.3) is 0 Å². The van der Waals surface area contributed by atoms with Gasteiger partial charge in [-0.05, 0) is 41.0 Å². The zero-order chi connectivity index (χ0) is 27.1. The third kappa shape index (κ3) is 12.5. The molecule has 0 saturated carbocycles. The second-order valence-corrected chi connectivity index (χ2v) is 7.78. The van der Waals surface area contributed by atoms with Crippen LogP contribution < -0.4 is 14.8 Å². The first-order chi connectivity index (χ1) is 17.6. The molecular formula is C27H28F3NO6. The van der Waals surface area contributed by atoms with Crippen molar-refractivity contribution in [2.24, 2.45) is 0 Å². The van der Waals surface area contributed by atoms with E-state index in [9.17, 15) is 18.0 Å². The largest absolute Gasteiger partial charge is 0.493 e. The molecular weight excluding hydrogens is 491 g/mol. The van der Waals surface area contributed by atoms with Crippen molar-refractivity contribution in [2.75, 3.05) is 13.2 Å². The van der Waals surface area contributed by atoms with Crippen LogP contribution in [0.15, 0.2) is 78.9 Å². The number of carboxylic acids is 2. The van der Waals surface area contributed by atoms with Crippen LogP contribution in [0.2, 0.25) is 0 Å². The molecule has 0 atom stereocenters. The van der Waals surface area contributed by atoms with Crippen molar-refractivity contribution in [2.45, 2.75) is 32.2 Å². The first kappa shape index (κ1) is 29.2. The van der Waals surface area contributed by atoms with Crippen LogP contribution in [0, 0.1) is 0 Å². The number of nitrogens with one attached hydrogen (secondary N) is 1. The van der Waals surface area contributed by atoms with E-state index in [0.29, 0.717) is 26.3 Å². The molecule has 3 aromatic carbocycles. The second kappa shape index (κ2) is 15.1. The quantitative estimate of drug-likeness (QED) is 0.287. The monoisotopic (exact) mass is 519 g/mol. The molecule has 3 N–H and O–H groups in total. The number of carboxylic acid groups (broad SMARTS) is 2. The van der Waals surface area contributed by atoms with Gasteiger partial charge in [0, 0.05) is 19.5 Å². The minimum absolute atomic E-state index is 0.126. The van der Waals surface area contributed by atoms with E-state index < -0.39 is 18.1 Å². The number of carbonyl (C=O) groups is 2. The zero-order valence-electron chi connectivity index (χ0n) is 19.9. The van der Waals surface area contributed by atoms with Crippen LogP contribution in [0.1, 0.15) is 23.1 Å². The normalized spacial score (nSPS) is 10.7. The molecule has 0 amide bonds. The first-order valence-corrected chi connectivity index (χ1v) is 11.3. The van der Waals surface area contributed by atoms with E-state index in [1.165, 1.54) is 5.56 Å². The summed E-state index contributed by atoms with van der Waals surface area (Å²) >= 11 is 0. The average Bonchev–Trinajstić information content (AvgIpc) is 2.87. The van der Waals surface area contributed by atoms with E-state index in [2.05, 4.69) is 17.4 Å². The van der Waals surface area contributed by atoms with Gasteiger partial charge < -0.3 is 25.0 Å². The van der Waals surface area contributed by atoms with Crippen molar-refractivity contribution < 1.29 is 42.4 Å². The van der Waals surface area contributed by atoms with Crippen LogP contribution in [0.5, 0.6) is 11.5 Å². The lowest BCUT2D eigenvalue weighted by Gasteiger charge is -2.09. The van der Waals surface area contributed by atoms with Crippen LogP contribution in [0.3, 0.4) is 0 Å². The van der Waals surface area contributed by atoms with Gasteiger partial charge in [-0.2, -0.15) is 13.2 Å². The van der Waals surface area contributed by atoms with Gasteiger partial charge in [-0.25, -0.2) is 4.79 Å². The highest BCUT2D eigenvalue weighted by molar-refractivity contribution is 5.73. The molecule has 3 rings (SSSR count). The Morgan fingerprint density at radius 1 is 0.757 bits per heavy atom. The van der Waals surface area contributed by atoms with Crippen LogP contribution >= 0.6 is 0 Å². The van der Waals surface area contributed by atoms with Gasteiger partial charge in [-0.1, -0.05) is 54.6 Å². The Bertz CT molecular complexity index is 1090. The molecule has 0 aliphatic rings. The van der Waals surface area contributed by atoms with Crippen molar-refractivity contribution in [3.8, 4) is 11.5 Å². The third-order valence-electron chi connectivity index (χ3n) is 4.84. The molecule has 37 heavy (non-hydrogen) atoms. The molecule has 10 heteroatoms. The highest BCUT2D eigenvalue weighted by atomic mass is 19.4. The van der Waals surface area contributed by atoms with E-state index in [1.54, 1.807) is 0 Å². The summed E-state index contributed by atoms with van der Waals surface area (Å²) in [5.41, 5.74) is 3.44. The lowest BCUT2D eigenvalue weighted by atomic mass is 10.1. The molecule has 0 spiro atoms. The Balaban J connectivity index is 0.000000604. The van der Waals surface area contributed by atoms with E-state index >= 15 is 0 Å². The standard InChI is InChI=1S/C25H27NO4.C2HF3O2/c27-25(28)14-16-26-18-21-8-12-23(13-9-21)29-17-15-20-6-10-24(11-7-20)30-19-22-4-2-1-3-5-22;3-2(4,5)1(6)7/h1-13,26H,14-19H2,(H,27,28);(H,6,7). The molecule has 0 radical (unpaired) electrons. The number of benzene rings is 3. The number of rotatable bonds is 12. The highest BCUT2D eigenvalue weighted by Gasteiger charge is 2.38. The maximum absolute atomic E-state index is 10.6. The minimum Gasteiger partial charge on any atom is -0.493 e. The molecule has 0 aromatic heterocycles. The summed E-state index contributed by atoms with van der Waals surface area (Å²) in [7, 11) is 0. The van der Waals surface area contributed by atoms with Crippen LogP contribution in [-0.4, -0.2) is 41.5 Å². The van der Waals surface area contributed by atoms with Crippen molar-refractivity contribution in [1.82, 2.24) is 5.32 Å². The highest BCUT2D eigenvalue weighted by Crippen LogP contribution is 2.16. The lowest BCUT2D eigenvalue weighted by Crippen LogP contribution is -2.21. The number of hydrogen-bond acceptors (Lipinski definition) is 5. The first-order valence-electron chi connectivity index (χ1n) is 11.3. The number of aliphatic carboxylic acids is 2. The number of alkyl halides is 3. The fourth-order valence-electron chi connectivity index (χ4n) is 2.91. The van der Waals surface area contributed by atoms with Crippen LogP contribution in [0.25, 0.3) is 0 Å². The summed E-state index contributed by atoms with van der Waals surface area (Å²) in [6, 6.07) is 26.1. The molecule has 0 aliphatic carbocycles. The Hall–Kier alpha value is -4.05. The Morgan fingerprint density at radius 3 is 1.84 bits per heavy atom. The number of halogens is 3. The van der Waals surface area contributed by atoms with Gasteiger partial charge in [-0.15, -0.1) is 0 Å². The van der Waals surface area contributed by atoms with E-state index in [4.69, 9.17) is 24.5 Å². The van der Waals surface area contributed by atoms with Crippen molar-refractivity contribution in [3.63, 3.8) is 0 Å². The smallest absolute Gasteiger partial charge is 0.490 e. The number of hydrogen-bond donors (Lipinski definition) is 3. The average molecular weight is 520 g/mol. The summed E-state index contributed by atoms with van der Waals surface area (Å²) in [5.74, 6) is -1.86. The summed E-state index contributed by atoms with van der Waals surface area (Å²) in [6.45, 7) is 2.27. The lowest BCUT2D eigenvalue weighted by molar-refractivity contribution is -0.192. The molecule has 0 fully saturated rings. The molecule has 7 nitrogen and oxygen atoms in total. The third-order valence-corrected chi connectivity index (χ3v) is 4.84. The predicted octanol–water partition coefficient (Wildman–Crippen LogP) is 5.08. The molecule has 0 aliphatic heterocycles. The van der Waals surface area contributed by atoms with Crippen molar-refractivity contribution in [1.29, 1.82) is 0 Å². The van der Waals surface area contributed by atoms with Crippen molar-refractivity contribution in [3.05, 3.63) is 95.6 Å². The topological polar surface area (TPSA) is 105 Å². The van der Waals surface area contributed by atoms with Crippen molar-refractivity contribution >= 4 is 11.9 Å². The second-order valence-electron chi connectivity index (χ2n) is 7.78. The minimum atomic E-state index is -5.08. The maximum Gasteiger partial charge on any atom is 0.490 e. The summed E-state index contributed by atoms with van der Waals surface area (Å²) in [5, 5.41) is 18.9. The van der Waals surface area contributed by atoms with E-state index in [0.717, 1.165) is 29.0 Å². The Kier molecular flexibility index (Phi) is 11.9. The molecule has 0 bridgehead atoms. The molecule has 0 heterocycles. The summed E-state index contributed by atoms with van der Waals surface area (Å²) < 4.78 is 43.4. The van der Waals surface area contributed by atoms with Gasteiger partial charge in [0.05, 0.1) is 13.0 Å². The molecule has 198 valence electrons. The van der Waals surface area contributed by atoms with Gasteiger partial charge in [0.1, 0.15) is 18.1 Å². The molecule has 3 aromatic rings. The summed E-state index contributed by atoms with van der Waals surface area (Å²) in [6.07, 6.45) is -4.14. The van der Waals surface area contributed by atoms with Gasteiger partial charge in [0.2, 0.25) is 0 Å². The fourth-order valence-corrected chi connectivity index (χ4v) is 2.91. The maximum atomic E-state index is 10.6. The van der Waals surface area contributed by atoms with Crippen LogP contribution in [0.4, 0.5) is 13.2 Å². The Morgan fingerprint density at radius 2 is 1.30 bits per heavy atom. The van der Waals surface area contributed by atoms with Crippen LogP contribution in [-0.2, 0) is 29.2 Å². The van der Waals surface area contributed by atoms with Gasteiger partial charge in [-0.3, -0.25) is 4.79 Å². The van der Waals surface area contributed by atoms with Gasteiger partial charge >= 0.3 is 18.1 Å². The molecule has 0 unspecified atom stereocenters. The zero-order valence-corrected chi connectivity index (χ0v) is 19.9. The van der Waals surface area contributed by atoms with E-state index in [-0.39, 0.29) is 6.42 Å². The van der Waals surface area contributed by atoms with E-state index in [1.807, 2.05) is 66.7 Å². The SMILES string of the molecule is O=C(O)C(F)(F)F.O=C(O)CCNCc1ccc(OCCc2ccc(OCc3ccccc3)cc2)cc1. The predicted molar refractivity (Wildman–Crippen MR) is 131 cm³/mol. The van der Waals surface area contributed by atoms with Gasteiger partial charge in [0.15, 0.2) is 0 Å². The fraction of sp³-hybridized carbons (Fsp3) is 0.259. The molecule has 0 saturated heterocycles.